The van der Waals surface area contributed by atoms with Gasteiger partial charge in [0, 0.05) is 22.7 Å². The predicted molar refractivity (Wildman–Crippen MR) is 107 cm³/mol. The summed E-state index contributed by atoms with van der Waals surface area (Å²) in [5.74, 6) is 0.301. The van der Waals surface area contributed by atoms with Crippen LogP contribution in [0.2, 0.25) is 5.02 Å². The molecule has 0 aliphatic carbocycles. The van der Waals surface area contributed by atoms with Crippen LogP contribution in [0.5, 0.6) is 0 Å². The molecule has 3 rings (SSSR count). The first-order valence-corrected chi connectivity index (χ1v) is 9.67. The molecule has 0 unspecified atom stereocenters. The maximum Gasteiger partial charge on any atom is 0.230 e. The number of rotatable bonds is 6. The summed E-state index contributed by atoms with van der Waals surface area (Å²) in [5.41, 5.74) is 4.02. The van der Waals surface area contributed by atoms with Gasteiger partial charge in [0.15, 0.2) is 0 Å². The minimum atomic E-state index is -0.0267. The molecule has 1 amide bonds. The van der Waals surface area contributed by atoms with Crippen LogP contribution in [0.4, 0.5) is 0 Å². The molecule has 4 nitrogen and oxygen atoms in total. The number of hydrogen-bond acceptors (Lipinski definition) is 3. The normalized spacial score (nSPS) is 10.7. The maximum atomic E-state index is 12.2. The quantitative estimate of drug-likeness (QED) is 0.633. The van der Waals surface area contributed by atoms with Gasteiger partial charge < -0.3 is 5.32 Å². The Hall–Kier alpha value is -2.24. The fourth-order valence-corrected chi connectivity index (χ4v) is 3.76. The highest BCUT2D eigenvalue weighted by Gasteiger charge is 2.14. The standard InChI is InChI=1S/C20H20ClN3OS/c1-14-17(15(2)24(23-14)16-8-4-3-5-9-16)12-22-20(25)13-26-19-11-7-6-10-18(19)21/h3-11H,12-13H2,1-2H3,(H,22,25). The summed E-state index contributed by atoms with van der Waals surface area (Å²) < 4.78 is 1.91. The van der Waals surface area contributed by atoms with Crippen LogP contribution in [-0.2, 0) is 11.3 Å². The fraction of sp³-hybridized carbons (Fsp3) is 0.200. The third-order valence-corrected chi connectivity index (χ3v) is 5.61. The van der Waals surface area contributed by atoms with Crippen molar-refractivity contribution in [2.75, 3.05) is 5.75 Å². The van der Waals surface area contributed by atoms with Crippen molar-refractivity contribution in [1.82, 2.24) is 15.1 Å². The lowest BCUT2D eigenvalue weighted by molar-refractivity contribution is -0.118. The van der Waals surface area contributed by atoms with E-state index in [0.29, 0.717) is 17.3 Å². The summed E-state index contributed by atoms with van der Waals surface area (Å²) >= 11 is 7.56. The SMILES string of the molecule is Cc1nn(-c2ccccc2)c(C)c1CNC(=O)CSc1ccccc1Cl. The van der Waals surface area contributed by atoms with Crippen molar-refractivity contribution in [3.05, 3.63) is 76.6 Å². The first kappa shape index (κ1) is 18.5. The molecule has 0 aliphatic heterocycles. The van der Waals surface area contributed by atoms with Gasteiger partial charge in [0.1, 0.15) is 0 Å². The van der Waals surface area contributed by atoms with E-state index in [1.54, 1.807) is 0 Å². The molecule has 0 atom stereocenters. The maximum absolute atomic E-state index is 12.2. The van der Waals surface area contributed by atoms with Gasteiger partial charge in [-0.2, -0.15) is 5.10 Å². The van der Waals surface area contributed by atoms with Gasteiger partial charge in [0.2, 0.25) is 5.91 Å². The topological polar surface area (TPSA) is 46.9 Å². The summed E-state index contributed by atoms with van der Waals surface area (Å²) in [6.45, 7) is 4.45. The van der Waals surface area contributed by atoms with E-state index in [1.807, 2.05) is 73.1 Å². The minimum Gasteiger partial charge on any atom is -0.351 e. The number of carbonyl (C=O) groups is 1. The van der Waals surface area contributed by atoms with Gasteiger partial charge in [-0.1, -0.05) is 41.9 Å². The monoisotopic (exact) mass is 385 g/mol. The predicted octanol–water partition coefficient (Wildman–Crippen LogP) is 4.55. The Bertz CT molecular complexity index is 909. The lowest BCUT2D eigenvalue weighted by Crippen LogP contribution is -2.25. The van der Waals surface area contributed by atoms with E-state index in [0.717, 1.165) is 27.5 Å². The molecular weight excluding hydrogens is 366 g/mol. The van der Waals surface area contributed by atoms with E-state index in [1.165, 1.54) is 11.8 Å². The Morgan fingerprint density at radius 3 is 2.54 bits per heavy atom. The van der Waals surface area contributed by atoms with Crippen LogP contribution >= 0.6 is 23.4 Å². The highest BCUT2D eigenvalue weighted by Crippen LogP contribution is 2.26. The molecule has 1 N–H and O–H groups in total. The molecule has 2 aromatic carbocycles. The van der Waals surface area contributed by atoms with Gasteiger partial charge in [-0.05, 0) is 38.1 Å². The van der Waals surface area contributed by atoms with Crippen molar-refractivity contribution in [3.63, 3.8) is 0 Å². The Balaban J connectivity index is 1.62. The van der Waals surface area contributed by atoms with E-state index in [2.05, 4.69) is 10.4 Å². The number of aryl methyl sites for hydroxylation is 1. The van der Waals surface area contributed by atoms with E-state index < -0.39 is 0 Å². The van der Waals surface area contributed by atoms with Crippen LogP contribution in [-0.4, -0.2) is 21.4 Å². The molecule has 3 aromatic rings. The third kappa shape index (κ3) is 4.29. The molecule has 0 fully saturated rings. The summed E-state index contributed by atoms with van der Waals surface area (Å²) in [6, 6.07) is 17.5. The molecule has 0 bridgehead atoms. The van der Waals surface area contributed by atoms with Gasteiger partial charge in [-0.3, -0.25) is 4.79 Å². The Labute approximate surface area is 162 Å². The largest absolute Gasteiger partial charge is 0.351 e. The Morgan fingerprint density at radius 2 is 1.81 bits per heavy atom. The van der Waals surface area contributed by atoms with Crippen molar-refractivity contribution in [2.24, 2.45) is 0 Å². The molecule has 6 heteroatoms. The highest BCUT2D eigenvalue weighted by atomic mass is 35.5. The summed E-state index contributed by atoms with van der Waals surface area (Å²) in [4.78, 5) is 13.1. The van der Waals surface area contributed by atoms with Crippen LogP contribution in [0, 0.1) is 13.8 Å². The van der Waals surface area contributed by atoms with Gasteiger partial charge in [0.05, 0.1) is 22.2 Å². The van der Waals surface area contributed by atoms with Gasteiger partial charge in [-0.15, -0.1) is 11.8 Å². The summed E-state index contributed by atoms with van der Waals surface area (Å²) in [5, 5.41) is 8.25. The second-order valence-corrected chi connectivity index (χ2v) is 7.32. The van der Waals surface area contributed by atoms with Gasteiger partial charge >= 0.3 is 0 Å². The third-order valence-electron chi connectivity index (χ3n) is 4.10. The summed E-state index contributed by atoms with van der Waals surface area (Å²) in [6.07, 6.45) is 0. The van der Waals surface area contributed by atoms with Gasteiger partial charge in [-0.25, -0.2) is 4.68 Å². The van der Waals surface area contributed by atoms with Crippen molar-refractivity contribution in [2.45, 2.75) is 25.3 Å². The highest BCUT2D eigenvalue weighted by molar-refractivity contribution is 8.00. The van der Waals surface area contributed by atoms with E-state index in [9.17, 15) is 4.79 Å². The number of para-hydroxylation sites is 1. The lowest BCUT2D eigenvalue weighted by Gasteiger charge is -2.08. The molecule has 0 radical (unpaired) electrons. The number of halogens is 1. The number of nitrogens with zero attached hydrogens (tertiary/aromatic N) is 2. The van der Waals surface area contributed by atoms with Crippen molar-refractivity contribution >= 4 is 29.3 Å². The Morgan fingerprint density at radius 1 is 1.12 bits per heavy atom. The molecule has 1 heterocycles. The molecule has 0 aliphatic rings. The average Bonchev–Trinajstić information content (AvgIpc) is 2.94. The number of hydrogen-bond donors (Lipinski definition) is 1. The fourth-order valence-electron chi connectivity index (χ4n) is 2.69. The van der Waals surface area contributed by atoms with Crippen LogP contribution in [0.25, 0.3) is 5.69 Å². The van der Waals surface area contributed by atoms with Gasteiger partial charge in [0.25, 0.3) is 0 Å². The number of aromatic nitrogens is 2. The van der Waals surface area contributed by atoms with E-state index >= 15 is 0 Å². The number of carbonyl (C=O) groups excluding carboxylic acids is 1. The number of amides is 1. The van der Waals surface area contributed by atoms with E-state index in [-0.39, 0.29) is 5.91 Å². The first-order chi connectivity index (χ1) is 12.6. The molecule has 0 saturated carbocycles. The summed E-state index contributed by atoms with van der Waals surface area (Å²) in [7, 11) is 0. The molecule has 0 spiro atoms. The zero-order valence-corrected chi connectivity index (χ0v) is 16.3. The molecule has 0 saturated heterocycles. The number of nitrogens with one attached hydrogen (secondary N) is 1. The lowest BCUT2D eigenvalue weighted by atomic mass is 10.2. The first-order valence-electron chi connectivity index (χ1n) is 8.31. The van der Waals surface area contributed by atoms with Crippen LogP contribution in [0.1, 0.15) is 17.0 Å². The molecule has 26 heavy (non-hydrogen) atoms. The Kier molecular flexibility index (Phi) is 6.01. The van der Waals surface area contributed by atoms with Crippen LogP contribution in [0.3, 0.4) is 0 Å². The molecule has 134 valence electrons. The second kappa shape index (κ2) is 8.43. The zero-order chi connectivity index (χ0) is 18.5. The second-order valence-electron chi connectivity index (χ2n) is 5.89. The van der Waals surface area contributed by atoms with E-state index in [4.69, 9.17) is 11.6 Å². The van der Waals surface area contributed by atoms with Crippen LogP contribution < -0.4 is 5.32 Å². The van der Waals surface area contributed by atoms with Crippen molar-refractivity contribution < 1.29 is 4.79 Å². The zero-order valence-electron chi connectivity index (χ0n) is 14.7. The van der Waals surface area contributed by atoms with Crippen molar-refractivity contribution in [3.8, 4) is 5.69 Å². The molecule has 1 aromatic heterocycles. The minimum absolute atomic E-state index is 0.0267. The van der Waals surface area contributed by atoms with Crippen molar-refractivity contribution in [1.29, 1.82) is 0 Å². The average molecular weight is 386 g/mol. The molecular formula is C20H20ClN3OS. The van der Waals surface area contributed by atoms with Crippen LogP contribution in [0.15, 0.2) is 59.5 Å². The number of benzene rings is 2. The smallest absolute Gasteiger partial charge is 0.230 e. The number of thioether (sulfide) groups is 1.